The maximum Gasteiger partial charge on any atom is 0.233 e. The predicted molar refractivity (Wildman–Crippen MR) is 71.4 cm³/mol. The highest BCUT2D eigenvalue weighted by atomic mass is 16.2. The third-order valence-corrected chi connectivity index (χ3v) is 4.25. The number of nitrogens with one attached hydrogen (secondary N) is 1. The minimum atomic E-state index is -0.202. The molecule has 1 saturated carbocycles. The Kier molecular flexibility index (Phi) is 2.86. The van der Waals surface area contributed by atoms with Crippen molar-refractivity contribution in [1.29, 1.82) is 0 Å². The lowest BCUT2D eigenvalue weighted by Crippen LogP contribution is -2.54. The lowest BCUT2D eigenvalue weighted by atomic mass is 9.93. The van der Waals surface area contributed by atoms with Gasteiger partial charge in [-0.2, -0.15) is 0 Å². The van der Waals surface area contributed by atoms with E-state index in [0.717, 1.165) is 32.5 Å². The Morgan fingerprint density at radius 2 is 2.06 bits per heavy atom. The van der Waals surface area contributed by atoms with Gasteiger partial charge in [0, 0.05) is 25.7 Å². The van der Waals surface area contributed by atoms with Gasteiger partial charge in [0.05, 0.1) is 5.41 Å². The first-order valence-corrected chi connectivity index (χ1v) is 6.81. The molecular formula is C15H20N2O. The van der Waals surface area contributed by atoms with Crippen LogP contribution in [0, 0.1) is 0 Å². The van der Waals surface area contributed by atoms with Crippen molar-refractivity contribution < 1.29 is 4.79 Å². The molecule has 1 atom stereocenters. The van der Waals surface area contributed by atoms with Gasteiger partial charge in [0.25, 0.3) is 0 Å². The maximum atomic E-state index is 12.8. The van der Waals surface area contributed by atoms with Gasteiger partial charge in [-0.3, -0.25) is 4.79 Å². The largest absolute Gasteiger partial charge is 0.337 e. The van der Waals surface area contributed by atoms with Crippen LogP contribution in [0.1, 0.15) is 25.3 Å². The van der Waals surface area contributed by atoms with E-state index in [0.29, 0.717) is 11.9 Å². The Labute approximate surface area is 108 Å². The first-order chi connectivity index (χ1) is 8.74. The highest BCUT2D eigenvalue weighted by molar-refractivity contribution is 5.91. The highest BCUT2D eigenvalue weighted by Gasteiger charge is 2.53. The van der Waals surface area contributed by atoms with Crippen LogP contribution in [0.3, 0.4) is 0 Å². The number of carbonyl (C=O) groups is 1. The van der Waals surface area contributed by atoms with E-state index >= 15 is 0 Å². The average molecular weight is 244 g/mol. The maximum absolute atomic E-state index is 12.8. The van der Waals surface area contributed by atoms with E-state index in [9.17, 15) is 4.79 Å². The summed E-state index contributed by atoms with van der Waals surface area (Å²) in [6, 6.07) is 10.6. The molecule has 0 unspecified atom stereocenters. The summed E-state index contributed by atoms with van der Waals surface area (Å²) in [4.78, 5) is 14.9. The smallest absolute Gasteiger partial charge is 0.233 e. The molecule has 1 N–H and O–H groups in total. The van der Waals surface area contributed by atoms with E-state index in [4.69, 9.17) is 0 Å². The number of benzene rings is 1. The summed E-state index contributed by atoms with van der Waals surface area (Å²) in [5.41, 5.74) is 0.994. The van der Waals surface area contributed by atoms with Gasteiger partial charge >= 0.3 is 0 Å². The predicted octanol–water partition coefficient (Wildman–Crippen LogP) is 1.54. The van der Waals surface area contributed by atoms with Crippen LogP contribution in [0.5, 0.6) is 0 Å². The van der Waals surface area contributed by atoms with Crippen molar-refractivity contribution in [3.8, 4) is 0 Å². The molecule has 3 nitrogen and oxygen atoms in total. The molecule has 1 heterocycles. The Hall–Kier alpha value is -1.35. The molecule has 0 spiro atoms. The van der Waals surface area contributed by atoms with E-state index in [1.807, 2.05) is 18.2 Å². The number of rotatable bonds is 2. The van der Waals surface area contributed by atoms with Crippen molar-refractivity contribution in [1.82, 2.24) is 10.2 Å². The molecule has 0 bridgehead atoms. The van der Waals surface area contributed by atoms with Crippen molar-refractivity contribution in [3.05, 3.63) is 35.9 Å². The van der Waals surface area contributed by atoms with Crippen LogP contribution < -0.4 is 5.32 Å². The number of carbonyl (C=O) groups excluding carboxylic acids is 1. The second kappa shape index (κ2) is 4.39. The summed E-state index contributed by atoms with van der Waals surface area (Å²) in [6.07, 6.45) is 2.01. The van der Waals surface area contributed by atoms with Crippen LogP contribution in [0.2, 0.25) is 0 Å². The lowest BCUT2D eigenvalue weighted by Gasteiger charge is -2.36. The third kappa shape index (κ3) is 1.83. The zero-order chi connectivity index (χ0) is 12.6. The van der Waals surface area contributed by atoms with Gasteiger partial charge in [-0.05, 0) is 25.3 Å². The van der Waals surface area contributed by atoms with E-state index in [2.05, 4.69) is 29.3 Å². The van der Waals surface area contributed by atoms with Gasteiger partial charge in [0.15, 0.2) is 0 Å². The summed E-state index contributed by atoms with van der Waals surface area (Å²) in [5.74, 6) is 0.336. The van der Waals surface area contributed by atoms with Crippen molar-refractivity contribution >= 4 is 5.91 Å². The molecule has 1 aliphatic carbocycles. The molecule has 1 amide bonds. The van der Waals surface area contributed by atoms with Gasteiger partial charge < -0.3 is 10.2 Å². The average Bonchev–Trinajstić information content (AvgIpc) is 3.21. The van der Waals surface area contributed by atoms with Gasteiger partial charge in [-0.15, -0.1) is 0 Å². The second-order valence-electron chi connectivity index (χ2n) is 5.50. The zero-order valence-electron chi connectivity index (χ0n) is 10.9. The van der Waals surface area contributed by atoms with E-state index < -0.39 is 0 Å². The van der Waals surface area contributed by atoms with Crippen LogP contribution in [0.15, 0.2) is 30.3 Å². The molecule has 96 valence electrons. The number of amides is 1. The summed E-state index contributed by atoms with van der Waals surface area (Å²) in [6.45, 7) is 4.80. The minimum absolute atomic E-state index is 0.202. The van der Waals surface area contributed by atoms with Crippen LogP contribution in [0.4, 0.5) is 0 Å². The molecule has 2 aliphatic rings. The standard InChI is InChI=1S/C15H20N2O/c1-12-11-16-9-10-17(12)14(18)15(7-8-15)13-5-3-2-4-6-13/h2-6,12,16H,7-11H2,1H3/t12-/m0/s1. The molecule has 2 fully saturated rings. The number of nitrogens with zero attached hydrogens (tertiary/aromatic N) is 1. The van der Waals surface area contributed by atoms with Crippen LogP contribution >= 0.6 is 0 Å². The monoisotopic (exact) mass is 244 g/mol. The topological polar surface area (TPSA) is 32.3 Å². The van der Waals surface area contributed by atoms with E-state index in [-0.39, 0.29) is 5.41 Å². The van der Waals surface area contributed by atoms with Crippen molar-refractivity contribution in [2.45, 2.75) is 31.2 Å². The Balaban J connectivity index is 1.84. The number of piperazine rings is 1. The summed E-state index contributed by atoms with van der Waals surface area (Å²) >= 11 is 0. The van der Waals surface area contributed by atoms with Crippen molar-refractivity contribution in [2.75, 3.05) is 19.6 Å². The quantitative estimate of drug-likeness (QED) is 0.856. The van der Waals surface area contributed by atoms with Gasteiger partial charge in [0.1, 0.15) is 0 Å². The third-order valence-electron chi connectivity index (χ3n) is 4.25. The molecule has 3 rings (SSSR count). The molecule has 1 saturated heterocycles. The molecule has 0 aromatic heterocycles. The summed E-state index contributed by atoms with van der Waals surface area (Å²) < 4.78 is 0. The van der Waals surface area contributed by atoms with Gasteiger partial charge in [-0.25, -0.2) is 0 Å². The fraction of sp³-hybridized carbons (Fsp3) is 0.533. The van der Waals surface area contributed by atoms with Crippen molar-refractivity contribution in [3.63, 3.8) is 0 Å². The van der Waals surface area contributed by atoms with Crippen LogP contribution in [-0.4, -0.2) is 36.5 Å². The van der Waals surface area contributed by atoms with Crippen LogP contribution in [0.25, 0.3) is 0 Å². The van der Waals surface area contributed by atoms with Crippen molar-refractivity contribution in [2.24, 2.45) is 0 Å². The molecule has 3 heteroatoms. The lowest BCUT2D eigenvalue weighted by molar-refractivity contribution is -0.136. The number of hydrogen-bond acceptors (Lipinski definition) is 2. The van der Waals surface area contributed by atoms with E-state index in [1.165, 1.54) is 5.56 Å². The van der Waals surface area contributed by atoms with Gasteiger partial charge in [0.2, 0.25) is 5.91 Å². The molecule has 1 aromatic carbocycles. The molecular weight excluding hydrogens is 224 g/mol. The summed E-state index contributed by atoms with van der Waals surface area (Å²) in [5, 5.41) is 3.34. The molecule has 1 aromatic rings. The minimum Gasteiger partial charge on any atom is -0.337 e. The molecule has 0 radical (unpaired) electrons. The van der Waals surface area contributed by atoms with E-state index in [1.54, 1.807) is 0 Å². The Bertz CT molecular complexity index is 439. The molecule has 18 heavy (non-hydrogen) atoms. The normalized spacial score (nSPS) is 25.8. The first-order valence-electron chi connectivity index (χ1n) is 6.81. The fourth-order valence-electron chi connectivity index (χ4n) is 2.93. The second-order valence-corrected chi connectivity index (χ2v) is 5.50. The summed E-state index contributed by atoms with van der Waals surface area (Å²) in [7, 11) is 0. The highest BCUT2D eigenvalue weighted by Crippen LogP contribution is 2.49. The Morgan fingerprint density at radius 1 is 1.33 bits per heavy atom. The number of hydrogen-bond donors (Lipinski definition) is 1. The zero-order valence-corrected chi connectivity index (χ0v) is 10.9. The van der Waals surface area contributed by atoms with Gasteiger partial charge in [-0.1, -0.05) is 30.3 Å². The SMILES string of the molecule is C[C@H]1CNCCN1C(=O)C1(c2ccccc2)CC1. The van der Waals surface area contributed by atoms with Crippen LogP contribution in [-0.2, 0) is 10.2 Å². The first kappa shape index (κ1) is 11.7. The Morgan fingerprint density at radius 3 is 2.67 bits per heavy atom. The molecule has 1 aliphatic heterocycles. The fourth-order valence-corrected chi connectivity index (χ4v) is 2.93.